The Labute approximate surface area is 121 Å². The molecule has 0 spiro atoms. The molecule has 0 bridgehead atoms. The molecule has 0 aromatic heterocycles. The van der Waals surface area contributed by atoms with Gasteiger partial charge in [-0.2, -0.15) is 0 Å². The third kappa shape index (κ3) is 3.90. The van der Waals surface area contributed by atoms with Crippen molar-refractivity contribution in [3.8, 4) is 0 Å². The van der Waals surface area contributed by atoms with Gasteiger partial charge in [-0.15, -0.1) is 11.6 Å². The van der Waals surface area contributed by atoms with Gasteiger partial charge in [-0.25, -0.2) is 4.39 Å². The van der Waals surface area contributed by atoms with Crippen molar-refractivity contribution < 1.29 is 14.1 Å². The fourth-order valence-corrected chi connectivity index (χ4v) is 1.94. The van der Waals surface area contributed by atoms with Crippen LogP contribution in [0.1, 0.15) is 30.6 Å². The van der Waals surface area contributed by atoms with Crippen LogP contribution in [-0.2, 0) is 0 Å². The Kier molecular flexibility index (Phi) is 5.88. The summed E-state index contributed by atoms with van der Waals surface area (Å²) >= 11 is 5.61. The second kappa shape index (κ2) is 7.19. The van der Waals surface area contributed by atoms with Crippen LogP contribution in [0.3, 0.4) is 0 Å². The number of halogens is 2. The predicted molar refractivity (Wildman–Crippen MR) is 74.6 cm³/mol. The zero-order chi connectivity index (χ0) is 15.3. The van der Waals surface area contributed by atoms with Gasteiger partial charge >= 0.3 is 0 Å². The van der Waals surface area contributed by atoms with Gasteiger partial charge in [-0.1, -0.05) is 0 Å². The lowest BCUT2D eigenvalue weighted by Gasteiger charge is -2.26. The maximum atomic E-state index is 13.1. The molecular weight excluding hydrogens is 287 g/mol. The fraction of sp³-hybridized carbons (Fsp3) is 0.462. The van der Waals surface area contributed by atoms with Gasteiger partial charge in [-0.3, -0.25) is 14.9 Å². The molecule has 7 heteroatoms. The van der Waals surface area contributed by atoms with Gasteiger partial charge < -0.3 is 4.90 Å². The average molecular weight is 303 g/mol. The van der Waals surface area contributed by atoms with Gasteiger partial charge in [0, 0.05) is 18.5 Å². The van der Waals surface area contributed by atoms with Gasteiger partial charge in [0.2, 0.25) is 0 Å². The molecule has 110 valence electrons. The molecule has 0 fully saturated rings. The molecule has 1 aromatic rings. The summed E-state index contributed by atoms with van der Waals surface area (Å²) in [4.78, 5) is 24.1. The van der Waals surface area contributed by atoms with Gasteiger partial charge in [0.25, 0.3) is 11.6 Å². The van der Waals surface area contributed by atoms with E-state index in [1.807, 2.05) is 13.8 Å². The molecule has 0 saturated carbocycles. The van der Waals surface area contributed by atoms with Gasteiger partial charge in [0.15, 0.2) is 0 Å². The van der Waals surface area contributed by atoms with Crippen molar-refractivity contribution in [2.45, 2.75) is 26.3 Å². The zero-order valence-electron chi connectivity index (χ0n) is 11.3. The standard InChI is InChI=1S/C13H16ClFN2O3/c1-9(2)16(7-3-6-14)13(18)11-5-4-10(15)8-12(11)17(19)20/h4-5,8-9H,3,6-7H2,1-2H3. The number of amides is 1. The lowest BCUT2D eigenvalue weighted by Crippen LogP contribution is -2.38. The number of benzene rings is 1. The van der Waals surface area contributed by atoms with Crippen LogP contribution in [0.15, 0.2) is 18.2 Å². The molecule has 1 amide bonds. The quantitative estimate of drug-likeness (QED) is 0.460. The first-order chi connectivity index (χ1) is 9.38. The normalized spacial score (nSPS) is 10.7. The van der Waals surface area contributed by atoms with Crippen LogP contribution in [0, 0.1) is 15.9 Å². The largest absolute Gasteiger partial charge is 0.336 e. The van der Waals surface area contributed by atoms with Crippen molar-refractivity contribution in [2.75, 3.05) is 12.4 Å². The minimum atomic E-state index is -0.754. The predicted octanol–water partition coefficient (Wildman–Crippen LogP) is 3.21. The molecule has 1 aromatic carbocycles. The van der Waals surface area contributed by atoms with Crippen molar-refractivity contribution >= 4 is 23.2 Å². The maximum absolute atomic E-state index is 13.1. The smallest absolute Gasteiger partial charge is 0.285 e. The van der Waals surface area contributed by atoms with Crippen LogP contribution in [0.2, 0.25) is 0 Å². The summed E-state index contributed by atoms with van der Waals surface area (Å²) in [6.07, 6.45) is 0.584. The third-order valence-corrected chi connectivity index (χ3v) is 3.07. The first-order valence-corrected chi connectivity index (χ1v) is 6.72. The first-order valence-electron chi connectivity index (χ1n) is 6.19. The van der Waals surface area contributed by atoms with Gasteiger partial charge in [0.1, 0.15) is 11.4 Å². The molecule has 0 heterocycles. The van der Waals surface area contributed by atoms with Crippen molar-refractivity contribution in [1.29, 1.82) is 0 Å². The van der Waals surface area contributed by atoms with Crippen LogP contribution in [0.25, 0.3) is 0 Å². The van der Waals surface area contributed by atoms with E-state index in [9.17, 15) is 19.3 Å². The second-order valence-corrected chi connectivity index (χ2v) is 4.93. The number of alkyl halides is 1. The minimum absolute atomic E-state index is 0.111. The van der Waals surface area contributed by atoms with E-state index in [-0.39, 0.29) is 11.6 Å². The third-order valence-electron chi connectivity index (χ3n) is 2.80. The maximum Gasteiger partial charge on any atom is 0.285 e. The molecular formula is C13H16ClFN2O3. The van der Waals surface area contributed by atoms with Crippen LogP contribution >= 0.6 is 11.6 Å². The van der Waals surface area contributed by atoms with Gasteiger partial charge in [-0.05, 0) is 32.4 Å². The molecule has 20 heavy (non-hydrogen) atoms. The summed E-state index contributed by atoms with van der Waals surface area (Å²) in [5.41, 5.74) is -0.633. The number of carbonyl (C=O) groups excluding carboxylic acids is 1. The minimum Gasteiger partial charge on any atom is -0.336 e. The summed E-state index contributed by atoms with van der Waals surface area (Å²) in [7, 11) is 0. The Hall–Kier alpha value is -1.69. The van der Waals surface area contributed by atoms with E-state index in [4.69, 9.17) is 11.6 Å². The van der Waals surface area contributed by atoms with E-state index in [2.05, 4.69) is 0 Å². The first kappa shape index (κ1) is 16.4. The lowest BCUT2D eigenvalue weighted by atomic mass is 10.1. The number of carbonyl (C=O) groups is 1. The monoisotopic (exact) mass is 302 g/mol. The molecule has 0 N–H and O–H groups in total. The van der Waals surface area contributed by atoms with Crippen LogP contribution < -0.4 is 0 Å². The van der Waals surface area contributed by atoms with Crippen molar-refractivity contribution in [1.82, 2.24) is 4.90 Å². The van der Waals surface area contributed by atoms with Crippen molar-refractivity contribution in [3.05, 3.63) is 39.7 Å². The molecule has 0 atom stereocenters. The molecule has 0 saturated heterocycles. The number of rotatable bonds is 6. The Balaban J connectivity index is 3.14. The van der Waals surface area contributed by atoms with Crippen LogP contribution in [0.4, 0.5) is 10.1 Å². The number of nitro groups is 1. The van der Waals surface area contributed by atoms with E-state index in [1.165, 1.54) is 4.90 Å². The van der Waals surface area contributed by atoms with Crippen molar-refractivity contribution in [2.24, 2.45) is 0 Å². The summed E-state index contributed by atoms with van der Waals surface area (Å²) in [5, 5.41) is 10.9. The Morgan fingerprint density at radius 3 is 2.65 bits per heavy atom. The molecule has 5 nitrogen and oxygen atoms in total. The number of hydrogen-bond donors (Lipinski definition) is 0. The van der Waals surface area contributed by atoms with Crippen LogP contribution in [-0.4, -0.2) is 34.2 Å². The number of nitrogens with zero attached hydrogens (tertiary/aromatic N) is 2. The average Bonchev–Trinajstić information content (AvgIpc) is 2.38. The summed E-state index contributed by atoms with van der Waals surface area (Å²) in [6.45, 7) is 4.01. The Morgan fingerprint density at radius 1 is 1.50 bits per heavy atom. The molecule has 0 aliphatic rings. The van der Waals surface area contributed by atoms with Crippen molar-refractivity contribution in [3.63, 3.8) is 0 Å². The highest BCUT2D eigenvalue weighted by atomic mass is 35.5. The van der Waals surface area contributed by atoms with E-state index >= 15 is 0 Å². The van der Waals surface area contributed by atoms with E-state index < -0.39 is 22.3 Å². The highest BCUT2D eigenvalue weighted by molar-refractivity contribution is 6.17. The summed E-state index contributed by atoms with van der Waals surface area (Å²) < 4.78 is 13.1. The Bertz CT molecular complexity index is 508. The zero-order valence-corrected chi connectivity index (χ0v) is 12.1. The number of nitro benzene ring substituents is 1. The molecule has 0 unspecified atom stereocenters. The highest BCUT2D eigenvalue weighted by Gasteiger charge is 2.26. The topological polar surface area (TPSA) is 63.5 Å². The molecule has 0 radical (unpaired) electrons. The van der Waals surface area contributed by atoms with Gasteiger partial charge in [0.05, 0.1) is 11.0 Å². The number of hydrogen-bond acceptors (Lipinski definition) is 3. The van der Waals surface area contributed by atoms with E-state index in [0.717, 1.165) is 18.2 Å². The lowest BCUT2D eigenvalue weighted by molar-refractivity contribution is -0.385. The van der Waals surface area contributed by atoms with E-state index in [1.54, 1.807) is 0 Å². The summed E-state index contributed by atoms with van der Waals surface area (Å²) in [6, 6.07) is 2.81. The molecule has 0 aliphatic heterocycles. The Morgan fingerprint density at radius 2 is 2.15 bits per heavy atom. The SMILES string of the molecule is CC(C)N(CCCCl)C(=O)c1ccc(F)cc1[N+](=O)[O-]. The highest BCUT2D eigenvalue weighted by Crippen LogP contribution is 2.22. The second-order valence-electron chi connectivity index (χ2n) is 4.55. The molecule has 1 rings (SSSR count). The summed E-state index contributed by atoms with van der Waals surface area (Å²) in [5.74, 6) is -0.843. The van der Waals surface area contributed by atoms with E-state index in [0.29, 0.717) is 18.8 Å². The van der Waals surface area contributed by atoms with Crippen LogP contribution in [0.5, 0.6) is 0 Å². The fourth-order valence-electron chi connectivity index (χ4n) is 1.82. The molecule has 0 aliphatic carbocycles.